The summed E-state index contributed by atoms with van der Waals surface area (Å²) in [4.78, 5) is 14.8. The molecule has 2 N–H and O–H groups in total. The van der Waals surface area contributed by atoms with Crippen LogP contribution in [0, 0.1) is 5.41 Å². The van der Waals surface area contributed by atoms with Gasteiger partial charge in [-0.05, 0) is 31.4 Å². The Morgan fingerprint density at radius 3 is 2.95 bits per heavy atom. The van der Waals surface area contributed by atoms with Crippen molar-refractivity contribution in [3.05, 3.63) is 35.7 Å². The minimum atomic E-state index is -0.0437. The second kappa shape index (κ2) is 6.53. The highest BCUT2D eigenvalue weighted by atomic mass is 16.5. The summed E-state index contributed by atoms with van der Waals surface area (Å²) < 4.78 is 11.0. The molecule has 2 heterocycles. The van der Waals surface area contributed by atoms with Gasteiger partial charge in [-0.25, -0.2) is 4.98 Å². The van der Waals surface area contributed by atoms with E-state index < -0.39 is 0 Å². The first-order valence-electron chi connectivity index (χ1n) is 7.25. The number of nitrogens with zero attached hydrogens (tertiary/aromatic N) is 1. The van der Waals surface area contributed by atoms with Gasteiger partial charge >= 0.3 is 0 Å². The molecule has 1 fully saturated rings. The van der Waals surface area contributed by atoms with Crippen molar-refractivity contribution in [2.24, 2.45) is 0 Å². The standard InChI is InChI=1S/C16H17N3O3/c17-8-13-12(16-18-9-11(10-20)22-16)4-3-5-14(13)19-15-6-1-2-7-21-15/h3-5,8-10,15,17,19H,1-2,6-7H2. The Morgan fingerprint density at radius 1 is 1.36 bits per heavy atom. The topological polar surface area (TPSA) is 88.2 Å². The molecule has 0 saturated carbocycles. The third kappa shape index (κ3) is 2.92. The van der Waals surface area contributed by atoms with Crippen molar-refractivity contribution < 1.29 is 13.9 Å². The molecule has 1 aliphatic heterocycles. The molecule has 0 radical (unpaired) electrons. The van der Waals surface area contributed by atoms with E-state index in [1.165, 1.54) is 12.4 Å². The second-order valence-electron chi connectivity index (χ2n) is 5.10. The smallest absolute Gasteiger partial charge is 0.227 e. The van der Waals surface area contributed by atoms with E-state index in [0.717, 1.165) is 31.6 Å². The molecule has 2 aromatic rings. The van der Waals surface area contributed by atoms with E-state index in [0.29, 0.717) is 23.3 Å². The van der Waals surface area contributed by atoms with Crippen LogP contribution in [0.1, 0.15) is 35.4 Å². The van der Waals surface area contributed by atoms with Gasteiger partial charge in [-0.15, -0.1) is 0 Å². The van der Waals surface area contributed by atoms with Crippen LogP contribution >= 0.6 is 0 Å². The molecule has 1 aromatic heterocycles. The largest absolute Gasteiger partial charge is 0.433 e. The van der Waals surface area contributed by atoms with E-state index in [1.807, 2.05) is 18.2 Å². The van der Waals surface area contributed by atoms with Crippen LogP contribution in [0.25, 0.3) is 11.5 Å². The average molecular weight is 299 g/mol. The van der Waals surface area contributed by atoms with Crippen LogP contribution in [0.4, 0.5) is 5.69 Å². The van der Waals surface area contributed by atoms with Crippen LogP contribution in [0.5, 0.6) is 0 Å². The molecule has 22 heavy (non-hydrogen) atoms. The highest BCUT2D eigenvalue weighted by Crippen LogP contribution is 2.29. The quantitative estimate of drug-likeness (QED) is 0.654. The first kappa shape index (κ1) is 14.5. The van der Waals surface area contributed by atoms with Gasteiger partial charge in [0.15, 0.2) is 12.0 Å². The molecule has 1 unspecified atom stereocenters. The van der Waals surface area contributed by atoms with Crippen molar-refractivity contribution in [2.45, 2.75) is 25.5 Å². The third-order valence-electron chi connectivity index (χ3n) is 3.62. The number of hydrogen-bond donors (Lipinski definition) is 2. The molecule has 3 rings (SSSR count). The summed E-state index contributed by atoms with van der Waals surface area (Å²) in [5.74, 6) is 0.494. The zero-order chi connectivity index (χ0) is 15.4. The molecule has 1 aliphatic rings. The van der Waals surface area contributed by atoms with E-state index in [9.17, 15) is 4.79 Å². The van der Waals surface area contributed by atoms with Gasteiger partial charge in [-0.3, -0.25) is 4.79 Å². The van der Waals surface area contributed by atoms with E-state index in [4.69, 9.17) is 14.6 Å². The Morgan fingerprint density at radius 2 is 2.27 bits per heavy atom. The molecule has 1 saturated heterocycles. The molecule has 6 heteroatoms. The zero-order valence-electron chi connectivity index (χ0n) is 12.0. The molecule has 114 valence electrons. The van der Waals surface area contributed by atoms with Crippen molar-refractivity contribution in [3.8, 4) is 11.5 Å². The van der Waals surface area contributed by atoms with Gasteiger partial charge in [-0.1, -0.05) is 6.07 Å². The normalized spacial score (nSPS) is 17.9. The molecule has 0 aliphatic carbocycles. The fraction of sp³-hybridized carbons (Fsp3) is 0.312. The Balaban J connectivity index is 1.92. The van der Waals surface area contributed by atoms with Crippen LogP contribution in [0.15, 0.2) is 28.8 Å². The van der Waals surface area contributed by atoms with Crippen LogP contribution in [-0.2, 0) is 4.74 Å². The summed E-state index contributed by atoms with van der Waals surface area (Å²) in [6.45, 7) is 0.750. The molecule has 0 spiro atoms. The SMILES string of the molecule is N=Cc1c(NC2CCCCO2)cccc1-c1ncc(C=O)o1. The first-order valence-corrected chi connectivity index (χ1v) is 7.25. The second-order valence-corrected chi connectivity index (χ2v) is 5.10. The number of hydrogen-bond acceptors (Lipinski definition) is 6. The van der Waals surface area contributed by atoms with E-state index in [2.05, 4.69) is 10.3 Å². The molecule has 1 atom stereocenters. The lowest BCUT2D eigenvalue weighted by Gasteiger charge is -2.25. The van der Waals surface area contributed by atoms with Gasteiger partial charge in [0.1, 0.15) is 6.23 Å². The number of rotatable bonds is 5. The number of anilines is 1. The third-order valence-corrected chi connectivity index (χ3v) is 3.62. The van der Waals surface area contributed by atoms with Crippen molar-refractivity contribution in [2.75, 3.05) is 11.9 Å². The lowest BCUT2D eigenvalue weighted by molar-refractivity contribution is 0.0343. The number of ether oxygens (including phenoxy) is 1. The summed E-state index contributed by atoms with van der Waals surface area (Å²) in [7, 11) is 0. The fourth-order valence-corrected chi connectivity index (χ4v) is 2.53. The number of aromatic nitrogens is 1. The number of carbonyl (C=O) groups excluding carboxylic acids is 1. The van der Waals surface area contributed by atoms with Crippen molar-refractivity contribution in [3.63, 3.8) is 0 Å². The molecule has 1 aromatic carbocycles. The van der Waals surface area contributed by atoms with Gasteiger partial charge in [-0.2, -0.15) is 0 Å². The van der Waals surface area contributed by atoms with Gasteiger partial charge < -0.3 is 19.9 Å². The summed E-state index contributed by atoms with van der Waals surface area (Å²) in [6, 6.07) is 5.57. The molecular formula is C16H17N3O3. The number of benzene rings is 1. The highest BCUT2D eigenvalue weighted by Gasteiger charge is 2.17. The Kier molecular flexibility index (Phi) is 4.29. The van der Waals surface area contributed by atoms with Crippen LogP contribution in [-0.4, -0.2) is 30.3 Å². The summed E-state index contributed by atoms with van der Waals surface area (Å²) in [5, 5.41) is 11.0. The lowest BCUT2D eigenvalue weighted by Crippen LogP contribution is -2.27. The summed E-state index contributed by atoms with van der Waals surface area (Å²) in [5.41, 5.74) is 2.13. The van der Waals surface area contributed by atoms with Gasteiger partial charge in [0.25, 0.3) is 0 Å². The van der Waals surface area contributed by atoms with E-state index in [1.54, 1.807) is 0 Å². The van der Waals surface area contributed by atoms with Crippen molar-refractivity contribution >= 4 is 18.2 Å². The number of nitrogens with one attached hydrogen (secondary N) is 2. The maximum Gasteiger partial charge on any atom is 0.227 e. The van der Waals surface area contributed by atoms with Crippen molar-refractivity contribution in [1.29, 1.82) is 5.41 Å². The average Bonchev–Trinajstić information content (AvgIpc) is 3.04. The summed E-state index contributed by atoms with van der Waals surface area (Å²) in [6.07, 6.45) is 6.35. The van der Waals surface area contributed by atoms with Crippen LogP contribution in [0.2, 0.25) is 0 Å². The molecule has 0 bridgehead atoms. The van der Waals surface area contributed by atoms with Gasteiger partial charge in [0.05, 0.1) is 6.20 Å². The maximum absolute atomic E-state index is 10.7. The van der Waals surface area contributed by atoms with Gasteiger partial charge in [0.2, 0.25) is 5.89 Å². The fourth-order valence-electron chi connectivity index (χ4n) is 2.53. The van der Waals surface area contributed by atoms with E-state index >= 15 is 0 Å². The predicted molar refractivity (Wildman–Crippen MR) is 82.4 cm³/mol. The summed E-state index contributed by atoms with van der Waals surface area (Å²) >= 11 is 0. The first-order chi connectivity index (χ1) is 10.8. The highest BCUT2D eigenvalue weighted by molar-refractivity contribution is 5.94. The predicted octanol–water partition coefficient (Wildman–Crippen LogP) is 3.09. The van der Waals surface area contributed by atoms with Crippen molar-refractivity contribution in [1.82, 2.24) is 4.98 Å². The monoisotopic (exact) mass is 299 g/mol. The van der Waals surface area contributed by atoms with Crippen LogP contribution < -0.4 is 5.32 Å². The van der Waals surface area contributed by atoms with Crippen LogP contribution in [0.3, 0.4) is 0 Å². The minimum Gasteiger partial charge on any atom is -0.433 e. The Labute approximate surface area is 128 Å². The zero-order valence-corrected chi connectivity index (χ0v) is 12.0. The Hall–Kier alpha value is -2.47. The molecule has 0 amide bonds. The number of carbonyl (C=O) groups is 1. The molecule has 6 nitrogen and oxygen atoms in total. The van der Waals surface area contributed by atoms with E-state index in [-0.39, 0.29) is 12.0 Å². The molecular weight excluding hydrogens is 282 g/mol. The maximum atomic E-state index is 10.7. The number of aldehydes is 1. The Bertz CT molecular complexity index is 675. The lowest BCUT2D eigenvalue weighted by atomic mass is 10.1. The van der Waals surface area contributed by atoms with Gasteiger partial charge in [0, 0.05) is 29.6 Å². The minimum absolute atomic E-state index is 0.0437. The number of oxazole rings is 1.